The molecule has 1 aliphatic carbocycles. The van der Waals surface area contributed by atoms with E-state index in [0.29, 0.717) is 17.4 Å². The summed E-state index contributed by atoms with van der Waals surface area (Å²) in [5.41, 5.74) is 1.95. The lowest BCUT2D eigenvalue weighted by Crippen LogP contribution is -2.44. The van der Waals surface area contributed by atoms with E-state index < -0.39 is 0 Å². The average molecular weight is 231 g/mol. The molecule has 0 saturated heterocycles. The minimum Gasteiger partial charge on any atom is -0.313 e. The summed E-state index contributed by atoms with van der Waals surface area (Å²) in [5, 5.41) is 3.77. The van der Waals surface area contributed by atoms with E-state index in [1.54, 1.807) is 0 Å². The van der Waals surface area contributed by atoms with Gasteiger partial charge < -0.3 is 5.32 Å². The van der Waals surface area contributed by atoms with Crippen LogP contribution >= 0.6 is 0 Å². The summed E-state index contributed by atoms with van der Waals surface area (Å²) in [6, 6.07) is 11.7. The maximum Gasteiger partial charge on any atom is 0.0187 e. The molecule has 1 nitrogen and oxygen atoms in total. The van der Waals surface area contributed by atoms with Crippen molar-refractivity contribution in [2.75, 3.05) is 6.54 Å². The third kappa shape index (κ3) is 2.55. The topological polar surface area (TPSA) is 12.0 Å². The number of hydrogen-bond acceptors (Lipinski definition) is 1. The molecule has 1 aliphatic rings. The fraction of sp³-hybridized carbons (Fsp3) is 0.625. The molecule has 0 aliphatic heterocycles. The molecule has 1 heteroatoms. The molecular weight excluding hydrogens is 206 g/mol. The van der Waals surface area contributed by atoms with Gasteiger partial charge in [0, 0.05) is 11.5 Å². The van der Waals surface area contributed by atoms with E-state index in [0.717, 1.165) is 6.54 Å². The Labute approximate surface area is 106 Å². The Morgan fingerprint density at radius 2 is 1.82 bits per heavy atom. The zero-order valence-corrected chi connectivity index (χ0v) is 11.4. The molecule has 0 radical (unpaired) electrons. The highest BCUT2D eigenvalue weighted by Crippen LogP contribution is 2.52. The first-order valence-corrected chi connectivity index (χ1v) is 6.99. The summed E-state index contributed by atoms with van der Waals surface area (Å²) >= 11 is 0. The lowest BCUT2D eigenvalue weighted by Gasteiger charge is -2.32. The normalized spacial score (nSPS) is 19.3. The first-order valence-electron chi connectivity index (χ1n) is 6.99. The molecule has 0 heterocycles. The van der Waals surface area contributed by atoms with Crippen molar-refractivity contribution in [3.8, 4) is 0 Å². The van der Waals surface area contributed by atoms with Crippen molar-refractivity contribution in [2.45, 2.75) is 51.5 Å². The fourth-order valence-corrected chi connectivity index (χ4v) is 3.05. The van der Waals surface area contributed by atoms with E-state index in [4.69, 9.17) is 0 Å². The van der Waals surface area contributed by atoms with Crippen LogP contribution in [0.25, 0.3) is 0 Å². The Kier molecular flexibility index (Phi) is 3.88. The Bertz CT molecular complexity index is 338. The fourth-order valence-electron chi connectivity index (χ4n) is 3.05. The SMILES string of the molecule is CCCNC(C(C)C)C1(c2ccccc2)CC1. The molecule has 1 aromatic rings. The second kappa shape index (κ2) is 5.22. The standard InChI is InChI=1S/C16H25N/c1-4-12-17-15(13(2)3)16(10-11-16)14-8-6-5-7-9-14/h5-9,13,15,17H,4,10-12H2,1-3H3. The van der Waals surface area contributed by atoms with Crippen molar-refractivity contribution in [1.82, 2.24) is 5.32 Å². The van der Waals surface area contributed by atoms with E-state index in [1.165, 1.54) is 24.8 Å². The van der Waals surface area contributed by atoms with Crippen LogP contribution in [0.4, 0.5) is 0 Å². The second-order valence-corrected chi connectivity index (χ2v) is 5.70. The quantitative estimate of drug-likeness (QED) is 0.786. The van der Waals surface area contributed by atoms with Gasteiger partial charge in [0.05, 0.1) is 0 Å². The van der Waals surface area contributed by atoms with E-state index in [1.807, 2.05) is 0 Å². The summed E-state index contributed by atoms with van der Waals surface area (Å²) in [6.07, 6.45) is 3.90. The third-order valence-electron chi connectivity index (χ3n) is 4.01. The summed E-state index contributed by atoms with van der Waals surface area (Å²) < 4.78 is 0. The molecule has 1 saturated carbocycles. The van der Waals surface area contributed by atoms with Gasteiger partial charge in [-0.15, -0.1) is 0 Å². The molecule has 2 rings (SSSR count). The van der Waals surface area contributed by atoms with Gasteiger partial charge in [0.1, 0.15) is 0 Å². The van der Waals surface area contributed by atoms with E-state index in [-0.39, 0.29) is 0 Å². The van der Waals surface area contributed by atoms with Gasteiger partial charge >= 0.3 is 0 Å². The second-order valence-electron chi connectivity index (χ2n) is 5.70. The van der Waals surface area contributed by atoms with Crippen molar-refractivity contribution in [1.29, 1.82) is 0 Å². The first-order chi connectivity index (χ1) is 8.20. The third-order valence-corrected chi connectivity index (χ3v) is 4.01. The molecule has 0 spiro atoms. The largest absolute Gasteiger partial charge is 0.313 e. The summed E-state index contributed by atoms with van der Waals surface area (Å²) in [4.78, 5) is 0. The molecule has 94 valence electrons. The van der Waals surface area contributed by atoms with Gasteiger partial charge in [-0.25, -0.2) is 0 Å². The molecule has 17 heavy (non-hydrogen) atoms. The van der Waals surface area contributed by atoms with Gasteiger partial charge in [0.2, 0.25) is 0 Å². The van der Waals surface area contributed by atoms with Crippen LogP contribution in [0.5, 0.6) is 0 Å². The minimum absolute atomic E-state index is 0.421. The van der Waals surface area contributed by atoms with Crippen LogP contribution in [0, 0.1) is 5.92 Å². The maximum atomic E-state index is 3.77. The summed E-state index contributed by atoms with van der Waals surface area (Å²) in [5.74, 6) is 0.698. The Morgan fingerprint density at radius 1 is 1.18 bits per heavy atom. The highest BCUT2D eigenvalue weighted by molar-refractivity contribution is 5.34. The van der Waals surface area contributed by atoms with Gasteiger partial charge in [-0.2, -0.15) is 0 Å². The predicted molar refractivity (Wildman–Crippen MR) is 74.3 cm³/mol. The Morgan fingerprint density at radius 3 is 2.29 bits per heavy atom. The van der Waals surface area contributed by atoms with Crippen molar-refractivity contribution in [3.63, 3.8) is 0 Å². The van der Waals surface area contributed by atoms with Crippen LogP contribution in [0.2, 0.25) is 0 Å². The first kappa shape index (κ1) is 12.6. The van der Waals surface area contributed by atoms with Gasteiger partial charge in [-0.05, 0) is 37.3 Å². The van der Waals surface area contributed by atoms with Crippen LogP contribution in [-0.2, 0) is 5.41 Å². The predicted octanol–water partition coefficient (Wildman–Crippen LogP) is 3.74. The van der Waals surface area contributed by atoms with Gasteiger partial charge in [0.15, 0.2) is 0 Å². The van der Waals surface area contributed by atoms with Gasteiger partial charge in [0.25, 0.3) is 0 Å². The van der Waals surface area contributed by atoms with Crippen LogP contribution in [0.15, 0.2) is 30.3 Å². The summed E-state index contributed by atoms with van der Waals surface area (Å²) in [7, 11) is 0. The zero-order valence-electron chi connectivity index (χ0n) is 11.4. The maximum absolute atomic E-state index is 3.77. The zero-order chi connectivity index (χ0) is 12.3. The Hall–Kier alpha value is -0.820. The molecular formula is C16H25N. The highest BCUT2D eigenvalue weighted by atomic mass is 15.0. The molecule has 0 bridgehead atoms. The summed E-state index contributed by atoms with van der Waals surface area (Å²) in [6.45, 7) is 8.07. The van der Waals surface area contributed by atoms with Crippen molar-refractivity contribution in [2.24, 2.45) is 5.92 Å². The van der Waals surface area contributed by atoms with E-state index in [2.05, 4.69) is 56.4 Å². The lowest BCUT2D eigenvalue weighted by molar-refractivity contribution is 0.327. The van der Waals surface area contributed by atoms with Crippen LogP contribution in [-0.4, -0.2) is 12.6 Å². The van der Waals surface area contributed by atoms with E-state index >= 15 is 0 Å². The molecule has 1 fully saturated rings. The molecule has 1 unspecified atom stereocenters. The van der Waals surface area contributed by atoms with Crippen LogP contribution in [0.3, 0.4) is 0 Å². The van der Waals surface area contributed by atoms with Crippen molar-refractivity contribution in [3.05, 3.63) is 35.9 Å². The minimum atomic E-state index is 0.421. The lowest BCUT2D eigenvalue weighted by atomic mass is 9.82. The van der Waals surface area contributed by atoms with Crippen molar-refractivity contribution < 1.29 is 0 Å². The van der Waals surface area contributed by atoms with Crippen molar-refractivity contribution >= 4 is 0 Å². The molecule has 1 N–H and O–H groups in total. The van der Waals surface area contributed by atoms with Gasteiger partial charge in [-0.3, -0.25) is 0 Å². The van der Waals surface area contributed by atoms with E-state index in [9.17, 15) is 0 Å². The highest BCUT2D eigenvalue weighted by Gasteiger charge is 2.51. The monoisotopic (exact) mass is 231 g/mol. The number of nitrogens with one attached hydrogen (secondary N) is 1. The molecule has 1 atom stereocenters. The Balaban J connectivity index is 2.18. The van der Waals surface area contributed by atoms with Crippen LogP contribution in [0.1, 0.15) is 45.6 Å². The number of benzene rings is 1. The molecule has 1 aromatic carbocycles. The average Bonchev–Trinajstić information content (AvgIpc) is 3.12. The van der Waals surface area contributed by atoms with Crippen LogP contribution < -0.4 is 5.32 Å². The number of hydrogen-bond donors (Lipinski definition) is 1. The smallest absolute Gasteiger partial charge is 0.0187 e. The molecule has 0 amide bonds. The number of rotatable bonds is 6. The van der Waals surface area contributed by atoms with Gasteiger partial charge in [-0.1, -0.05) is 51.1 Å². The molecule has 0 aromatic heterocycles.